The Bertz CT molecular complexity index is 991. The Morgan fingerprint density at radius 1 is 0.973 bits per heavy atom. The number of benzene rings is 1. The normalized spacial score (nSPS) is 33.4. The van der Waals surface area contributed by atoms with Gasteiger partial charge < -0.3 is 19.1 Å². The number of piperazine rings is 1. The quantitative estimate of drug-likeness (QED) is 0.400. The summed E-state index contributed by atoms with van der Waals surface area (Å²) in [7, 11) is 1.68. The molecule has 4 unspecified atom stereocenters. The van der Waals surface area contributed by atoms with E-state index in [0.717, 1.165) is 63.9 Å². The second-order valence-electron chi connectivity index (χ2n) is 12.5. The zero-order valence-electron chi connectivity index (χ0n) is 23.0. The van der Waals surface area contributed by atoms with Gasteiger partial charge in [-0.1, -0.05) is 13.8 Å². The summed E-state index contributed by atoms with van der Waals surface area (Å²) in [6, 6.07) is 6.84. The maximum atomic E-state index is 13.9. The van der Waals surface area contributed by atoms with Crippen molar-refractivity contribution in [3.05, 3.63) is 29.3 Å². The number of Topliss-reactive ketones (excluding diaryl/α,β-unsaturated/α-hetero) is 1. The molecule has 0 N–H and O–H groups in total. The zero-order chi connectivity index (χ0) is 25.6. The highest BCUT2D eigenvalue weighted by molar-refractivity contribution is 6.05. The first-order valence-electron chi connectivity index (χ1n) is 14.5. The lowest BCUT2D eigenvalue weighted by molar-refractivity contribution is -0.0476. The van der Waals surface area contributed by atoms with Crippen molar-refractivity contribution in [2.75, 3.05) is 90.9 Å². The number of carbonyl (C=O) groups excluding carboxylic acids is 1. The second-order valence-corrected chi connectivity index (χ2v) is 12.5. The number of hydrogen-bond donors (Lipinski definition) is 0. The predicted octanol–water partition coefficient (Wildman–Crippen LogP) is 3.06. The van der Waals surface area contributed by atoms with Gasteiger partial charge in [0.2, 0.25) is 0 Å². The maximum Gasteiger partial charge on any atom is 0.180 e. The van der Waals surface area contributed by atoms with Gasteiger partial charge in [-0.05, 0) is 54.9 Å². The summed E-state index contributed by atoms with van der Waals surface area (Å²) in [6.07, 6.45) is 3.91. The van der Waals surface area contributed by atoms with Crippen LogP contribution in [-0.2, 0) is 19.6 Å². The molecule has 3 aliphatic carbocycles. The summed E-state index contributed by atoms with van der Waals surface area (Å²) in [5.41, 5.74) is 3.79. The fourth-order valence-electron chi connectivity index (χ4n) is 7.88. The minimum Gasteiger partial charge on any atom is -0.382 e. The lowest BCUT2D eigenvalue weighted by Gasteiger charge is -2.63. The van der Waals surface area contributed by atoms with Crippen LogP contribution in [0.1, 0.15) is 49.0 Å². The van der Waals surface area contributed by atoms with E-state index in [9.17, 15) is 4.79 Å². The van der Waals surface area contributed by atoms with E-state index in [4.69, 9.17) is 14.2 Å². The molecule has 2 saturated heterocycles. The Kier molecular flexibility index (Phi) is 7.12. The zero-order valence-corrected chi connectivity index (χ0v) is 23.0. The molecule has 5 aliphatic rings. The van der Waals surface area contributed by atoms with Gasteiger partial charge in [-0.15, -0.1) is 0 Å². The monoisotopic (exact) mass is 511 g/mol. The highest BCUT2D eigenvalue weighted by Crippen LogP contribution is 2.70. The van der Waals surface area contributed by atoms with E-state index in [1.807, 2.05) is 0 Å². The Labute approximate surface area is 222 Å². The number of ketones is 1. The van der Waals surface area contributed by atoms with E-state index in [0.29, 0.717) is 38.1 Å². The number of hydrogen-bond acceptors (Lipinski definition) is 7. The van der Waals surface area contributed by atoms with Crippen LogP contribution in [0, 0.1) is 17.3 Å². The van der Waals surface area contributed by atoms with E-state index >= 15 is 0 Å². The van der Waals surface area contributed by atoms with Crippen LogP contribution in [0.25, 0.3) is 0 Å². The van der Waals surface area contributed by atoms with E-state index < -0.39 is 0 Å². The van der Waals surface area contributed by atoms with E-state index in [1.54, 1.807) is 7.11 Å². The predicted molar refractivity (Wildman–Crippen MR) is 145 cm³/mol. The van der Waals surface area contributed by atoms with Crippen molar-refractivity contribution in [2.45, 2.75) is 44.6 Å². The lowest BCUT2D eigenvalue weighted by atomic mass is 9.39. The fraction of sp³-hybridized carbons (Fsp3) is 0.767. The van der Waals surface area contributed by atoms with Crippen molar-refractivity contribution in [3.8, 4) is 0 Å². The fourth-order valence-corrected chi connectivity index (χ4v) is 7.88. The molecule has 7 nitrogen and oxygen atoms in total. The summed E-state index contributed by atoms with van der Waals surface area (Å²) < 4.78 is 16.2. The van der Waals surface area contributed by atoms with Crippen molar-refractivity contribution < 1.29 is 19.0 Å². The highest BCUT2D eigenvalue weighted by atomic mass is 16.5. The Balaban J connectivity index is 1.06. The molecular weight excluding hydrogens is 466 g/mol. The van der Waals surface area contributed by atoms with E-state index in [1.165, 1.54) is 30.5 Å². The molecule has 0 amide bonds. The summed E-state index contributed by atoms with van der Waals surface area (Å²) >= 11 is 0. The number of carbonyl (C=O) groups is 1. The van der Waals surface area contributed by atoms with Gasteiger partial charge in [0.25, 0.3) is 0 Å². The van der Waals surface area contributed by atoms with Crippen LogP contribution < -0.4 is 4.90 Å². The molecule has 0 radical (unpaired) electrons. The Morgan fingerprint density at radius 3 is 2.43 bits per heavy atom. The molecule has 0 aromatic heterocycles. The molecule has 204 valence electrons. The highest BCUT2D eigenvalue weighted by Gasteiger charge is 2.73. The molecule has 0 bridgehead atoms. The van der Waals surface area contributed by atoms with Gasteiger partial charge >= 0.3 is 0 Å². The molecule has 2 aliphatic heterocycles. The number of ether oxygens (including phenoxy) is 3. The number of nitrogens with zero attached hydrogens (tertiary/aromatic N) is 3. The molecule has 2 heterocycles. The van der Waals surface area contributed by atoms with Crippen molar-refractivity contribution in [1.29, 1.82) is 0 Å². The topological polar surface area (TPSA) is 54.5 Å². The van der Waals surface area contributed by atoms with Gasteiger partial charge in [-0.25, -0.2) is 0 Å². The molecule has 37 heavy (non-hydrogen) atoms. The smallest absolute Gasteiger partial charge is 0.180 e. The lowest BCUT2D eigenvalue weighted by Crippen LogP contribution is -2.66. The average molecular weight is 512 g/mol. The third-order valence-corrected chi connectivity index (χ3v) is 10.5. The molecular formula is C30H45N3O4. The number of anilines is 1. The molecule has 1 aromatic carbocycles. The van der Waals surface area contributed by atoms with Crippen LogP contribution in [0.4, 0.5) is 5.69 Å². The largest absolute Gasteiger partial charge is 0.382 e. The van der Waals surface area contributed by atoms with E-state index in [2.05, 4.69) is 46.7 Å². The van der Waals surface area contributed by atoms with Gasteiger partial charge in [-0.3, -0.25) is 14.6 Å². The van der Waals surface area contributed by atoms with Gasteiger partial charge in [0.15, 0.2) is 5.78 Å². The van der Waals surface area contributed by atoms with Crippen LogP contribution in [0.3, 0.4) is 0 Å². The molecule has 7 heteroatoms. The number of methoxy groups -OCH3 is 1. The van der Waals surface area contributed by atoms with Crippen LogP contribution in [-0.4, -0.2) is 108 Å². The van der Waals surface area contributed by atoms with Crippen molar-refractivity contribution in [2.24, 2.45) is 17.3 Å². The van der Waals surface area contributed by atoms with E-state index in [-0.39, 0.29) is 16.9 Å². The summed E-state index contributed by atoms with van der Waals surface area (Å²) in [5.74, 6) is 1.87. The van der Waals surface area contributed by atoms with Crippen molar-refractivity contribution in [1.82, 2.24) is 9.80 Å². The summed E-state index contributed by atoms with van der Waals surface area (Å²) in [6.45, 7) is 15.4. The van der Waals surface area contributed by atoms with Crippen LogP contribution >= 0.6 is 0 Å². The number of likely N-dealkylation sites (tertiary alicyclic amines) is 1. The third-order valence-electron chi connectivity index (χ3n) is 10.5. The number of fused-ring (bicyclic) bond motifs is 2. The van der Waals surface area contributed by atoms with Crippen molar-refractivity contribution >= 4 is 11.5 Å². The summed E-state index contributed by atoms with van der Waals surface area (Å²) in [5, 5.41) is 0. The molecule has 0 spiro atoms. The van der Waals surface area contributed by atoms with Gasteiger partial charge in [0, 0.05) is 75.0 Å². The first-order valence-corrected chi connectivity index (χ1v) is 14.5. The van der Waals surface area contributed by atoms with Crippen LogP contribution in [0.15, 0.2) is 18.2 Å². The minimum atomic E-state index is 0.0814. The average Bonchev–Trinajstić information content (AvgIpc) is 3.69. The molecule has 4 fully saturated rings. The number of rotatable bonds is 12. The SMILES string of the molecule is COCCOCCOCCN1CCN(c2ccc3c(c2)C2(C)CC4CN(CC5CC5)C(C3=O)C42C)CC1. The Hall–Kier alpha value is -1.51. The van der Waals surface area contributed by atoms with Crippen LogP contribution in [0.2, 0.25) is 0 Å². The van der Waals surface area contributed by atoms with Crippen LogP contribution in [0.5, 0.6) is 0 Å². The first kappa shape index (κ1) is 25.8. The summed E-state index contributed by atoms with van der Waals surface area (Å²) in [4.78, 5) is 21.4. The molecule has 2 saturated carbocycles. The van der Waals surface area contributed by atoms with Crippen molar-refractivity contribution in [3.63, 3.8) is 0 Å². The maximum absolute atomic E-state index is 13.9. The van der Waals surface area contributed by atoms with Gasteiger partial charge in [0.1, 0.15) is 0 Å². The molecule has 4 atom stereocenters. The second kappa shape index (κ2) is 10.2. The van der Waals surface area contributed by atoms with Gasteiger partial charge in [-0.2, -0.15) is 0 Å². The Morgan fingerprint density at radius 2 is 1.70 bits per heavy atom. The molecule has 1 aromatic rings. The minimum absolute atomic E-state index is 0.0814. The van der Waals surface area contributed by atoms with Gasteiger partial charge in [0.05, 0.1) is 39.1 Å². The first-order chi connectivity index (χ1) is 18.0. The third kappa shape index (κ3) is 4.45. The standard InChI is InChI=1S/C30H45N3O4/c1-29-19-23-21-33(20-22-4-5-22)28(30(23,29)2)27(34)25-7-6-24(18-26(25)29)32-10-8-31(9-11-32)12-13-36-16-17-37-15-14-35-3/h6-7,18,22-23,28H,4-5,8-17,19-21H2,1-3H3. The molecule has 6 rings (SSSR count).